The standard InChI is InChI=1S/C24H23N3O/c28-19-11-9-18(10-12-19)17-25-27-15-13-26(14-16-27)24-22-7-3-1-5-20(22)21-6-2-4-8-23(21)24/h1-12,17,24,28H,13-16H2/b25-17-. The number of aromatic hydroxyl groups is 1. The Bertz CT molecular complexity index is 959. The van der Waals surface area contributed by atoms with Crippen LogP contribution >= 0.6 is 0 Å². The molecule has 0 atom stereocenters. The van der Waals surface area contributed by atoms with Crippen molar-refractivity contribution in [3.05, 3.63) is 89.5 Å². The van der Waals surface area contributed by atoms with Gasteiger partial charge < -0.3 is 5.11 Å². The first kappa shape index (κ1) is 17.0. The molecule has 1 fully saturated rings. The summed E-state index contributed by atoms with van der Waals surface area (Å²) in [6.45, 7) is 3.80. The zero-order chi connectivity index (χ0) is 18.9. The second-order valence-corrected chi connectivity index (χ2v) is 7.40. The van der Waals surface area contributed by atoms with Crippen LogP contribution in [-0.4, -0.2) is 47.4 Å². The van der Waals surface area contributed by atoms with Gasteiger partial charge in [-0.25, -0.2) is 0 Å². The number of piperazine rings is 1. The molecule has 1 N–H and O–H groups in total. The fourth-order valence-corrected chi connectivity index (χ4v) is 4.32. The molecule has 140 valence electrons. The Morgan fingerprint density at radius 1 is 0.750 bits per heavy atom. The van der Waals surface area contributed by atoms with Crippen LogP contribution in [0.2, 0.25) is 0 Å². The van der Waals surface area contributed by atoms with Gasteiger partial charge in [-0.2, -0.15) is 5.10 Å². The number of benzene rings is 3. The molecule has 5 rings (SSSR count). The average Bonchev–Trinajstić information content (AvgIpc) is 3.08. The Labute approximate surface area is 165 Å². The minimum atomic E-state index is 0.280. The van der Waals surface area contributed by atoms with Gasteiger partial charge in [0.25, 0.3) is 0 Å². The molecule has 0 bridgehead atoms. The first-order valence-corrected chi connectivity index (χ1v) is 9.80. The summed E-state index contributed by atoms with van der Waals surface area (Å²) in [5.41, 5.74) is 6.58. The van der Waals surface area contributed by atoms with E-state index in [1.54, 1.807) is 12.1 Å². The van der Waals surface area contributed by atoms with Gasteiger partial charge in [-0.15, -0.1) is 0 Å². The van der Waals surface area contributed by atoms with E-state index in [4.69, 9.17) is 0 Å². The number of rotatable bonds is 3. The summed E-state index contributed by atoms with van der Waals surface area (Å²) in [7, 11) is 0. The van der Waals surface area contributed by atoms with Crippen molar-refractivity contribution >= 4 is 6.21 Å². The number of hydrogen-bond donors (Lipinski definition) is 1. The Hall–Kier alpha value is -3.11. The first-order valence-electron chi connectivity index (χ1n) is 9.80. The molecule has 28 heavy (non-hydrogen) atoms. The molecule has 1 heterocycles. The minimum absolute atomic E-state index is 0.280. The highest BCUT2D eigenvalue weighted by molar-refractivity contribution is 5.79. The van der Waals surface area contributed by atoms with Crippen molar-refractivity contribution in [2.75, 3.05) is 26.2 Å². The molecule has 0 radical (unpaired) electrons. The summed E-state index contributed by atoms with van der Waals surface area (Å²) in [6, 6.07) is 25.1. The van der Waals surface area contributed by atoms with Crippen molar-refractivity contribution in [3.8, 4) is 16.9 Å². The molecule has 3 aromatic carbocycles. The maximum atomic E-state index is 9.39. The largest absolute Gasteiger partial charge is 0.508 e. The predicted octanol–water partition coefficient (Wildman–Crippen LogP) is 4.11. The zero-order valence-corrected chi connectivity index (χ0v) is 15.7. The van der Waals surface area contributed by atoms with Crippen LogP contribution < -0.4 is 0 Å². The second kappa shape index (κ2) is 7.13. The fraction of sp³-hybridized carbons (Fsp3) is 0.208. The van der Waals surface area contributed by atoms with Crippen LogP contribution in [0.25, 0.3) is 11.1 Å². The highest BCUT2D eigenvalue weighted by Crippen LogP contribution is 2.46. The Morgan fingerprint density at radius 2 is 1.32 bits per heavy atom. The van der Waals surface area contributed by atoms with Crippen LogP contribution in [-0.2, 0) is 0 Å². The maximum Gasteiger partial charge on any atom is 0.115 e. The van der Waals surface area contributed by atoms with Crippen molar-refractivity contribution in [3.63, 3.8) is 0 Å². The molecule has 2 aliphatic rings. The van der Waals surface area contributed by atoms with Crippen LogP contribution in [0.3, 0.4) is 0 Å². The smallest absolute Gasteiger partial charge is 0.115 e. The lowest BCUT2D eigenvalue weighted by atomic mass is 10.0. The molecule has 3 aromatic rings. The van der Waals surface area contributed by atoms with E-state index in [1.165, 1.54) is 22.3 Å². The Balaban J connectivity index is 1.31. The fourth-order valence-electron chi connectivity index (χ4n) is 4.32. The lowest BCUT2D eigenvalue weighted by molar-refractivity contribution is 0.114. The average molecular weight is 369 g/mol. The monoisotopic (exact) mass is 369 g/mol. The van der Waals surface area contributed by atoms with Gasteiger partial charge in [0, 0.05) is 26.2 Å². The van der Waals surface area contributed by atoms with Crippen LogP contribution in [0.1, 0.15) is 22.7 Å². The summed E-state index contributed by atoms with van der Waals surface area (Å²) in [6.07, 6.45) is 1.87. The zero-order valence-electron chi connectivity index (χ0n) is 15.7. The number of phenolic OH excluding ortho intramolecular Hbond substituents is 1. The summed E-state index contributed by atoms with van der Waals surface area (Å²) in [4.78, 5) is 2.58. The van der Waals surface area contributed by atoms with Crippen molar-refractivity contribution in [2.45, 2.75) is 6.04 Å². The molecular formula is C24H23N3O. The van der Waals surface area contributed by atoms with Gasteiger partial charge in [-0.3, -0.25) is 9.91 Å². The van der Waals surface area contributed by atoms with Gasteiger partial charge in [0.1, 0.15) is 5.75 Å². The third-order valence-corrected chi connectivity index (χ3v) is 5.72. The van der Waals surface area contributed by atoms with E-state index in [0.29, 0.717) is 6.04 Å². The van der Waals surface area contributed by atoms with Crippen molar-refractivity contribution in [1.29, 1.82) is 0 Å². The van der Waals surface area contributed by atoms with Crippen molar-refractivity contribution in [1.82, 2.24) is 9.91 Å². The molecule has 4 nitrogen and oxygen atoms in total. The van der Waals surface area contributed by atoms with E-state index < -0.39 is 0 Å². The lowest BCUT2D eigenvalue weighted by Gasteiger charge is -2.37. The molecule has 0 unspecified atom stereocenters. The summed E-state index contributed by atoms with van der Waals surface area (Å²) in [5, 5.41) is 16.2. The SMILES string of the molecule is Oc1ccc(/C=N\N2CCN(C3c4ccccc4-c4ccccc43)CC2)cc1. The summed E-state index contributed by atoms with van der Waals surface area (Å²) >= 11 is 0. The maximum absolute atomic E-state index is 9.39. The molecule has 1 saturated heterocycles. The molecule has 1 aliphatic carbocycles. The van der Waals surface area contributed by atoms with Crippen molar-refractivity contribution < 1.29 is 5.11 Å². The molecule has 4 heteroatoms. The first-order chi connectivity index (χ1) is 13.8. The van der Waals surface area contributed by atoms with E-state index in [9.17, 15) is 5.11 Å². The molecule has 0 saturated carbocycles. The topological polar surface area (TPSA) is 39.1 Å². The van der Waals surface area contributed by atoms with E-state index in [0.717, 1.165) is 31.7 Å². The lowest BCUT2D eigenvalue weighted by Crippen LogP contribution is -2.45. The number of hydrazone groups is 1. The van der Waals surface area contributed by atoms with E-state index in [-0.39, 0.29) is 5.75 Å². The molecular weight excluding hydrogens is 346 g/mol. The summed E-state index contributed by atoms with van der Waals surface area (Å²) in [5.74, 6) is 0.280. The van der Waals surface area contributed by atoms with Crippen molar-refractivity contribution in [2.24, 2.45) is 5.10 Å². The number of fused-ring (bicyclic) bond motifs is 3. The normalized spacial score (nSPS) is 17.1. The summed E-state index contributed by atoms with van der Waals surface area (Å²) < 4.78 is 0. The molecule has 0 aromatic heterocycles. The van der Waals surface area contributed by atoms with Gasteiger partial charge in [-0.05, 0) is 52.1 Å². The van der Waals surface area contributed by atoms with Gasteiger partial charge >= 0.3 is 0 Å². The number of phenols is 1. The van der Waals surface area contributed by atoms with Crippen LogP contribution in [0.5, 0.6) is 5.75 Å². The van der Waals surface area contributed by atoms with Gasteiger partial charge in [0.2, 0.25) is 0 Å². The molecule has 0 spiro atoms. The highest BCUT2D eigenvalue weighted by atomic mass is 16.3. The van der Waals surface area contributed by atoms with E-state index >= 15 is 0 Å². The quantitative estimate of drug-likeness (QED) is 0.706. The van der Waals surface area contributed by atoms with Crippen LogP contribution in [0.15, 0.2) is 77.9 Å². The van der Waals surface area contributed by atoms with Gasteiger partial charge in [-0.1, -0.05) is 48.5 Å². The molecule has 1 aliphatic heterocycles. The van der Waals surface area contributed by atoms with Gasteiger partial charge in [0.05, 0.1) is 12.3 Å². The predicted molar refractivity (Wildman–Crippen MR) is 113 cm³/mol. The van der Waals surface area contributed by atoms with E-state index in [1.807, 2.05) is 18.3 Å². The third kappa shape index (κ3) is 3.06. The second-order valence-electron chi connectivity index (χ2n) is 7.40. The van der Waals surface area contributed by atoms with E-state index in [2.05, 4.69) is 63.5 Å². The third-order valence-electron chi connectivity index (χ3n) is 5.72. The van der Waals surface area contributed by atoms with Crippen LogP contribution in [0.4, 0.5) is 0 Å². The highest BCUT2D eigenvalue weighted by Gasteiger charge is 2.33. The number of hydrogen-bond acceptors (Lipinski definition) is 4. The van der Waals surface area contributed by atoms with Gasteiger partial charge in [0.15, 0.2) is 0 Å². The Morgan fingerprint density at radius 3 is 1.93 bits per heavy atom. The number of nitrogens with zero attached hydrogens (tertiary/aromatic N) is 3. The minimum Gasteiger partial charge on any atom is -0.508 e. The Kier molecular flexibility index (Phi) is 4.34. The molecule has 0 amide bonds. The van der Waals surface area contributed by atoms with Crippen LogP contribution in [0, 0.1) is 0 Å².